The third kappa shape index (κ3) is 9.73. The minimum absolute atomic E-state index is 0.0480. The number of halogens is 5. The molecule has 9 rings (SSSR count). The van der Waals surface area contributed by atoms with Crippen LogP contribution in [0.1, 0.15) is 96.7 Å². The van der Waals surface area contributed by atoms with Crippen molar-refractivity contribution in [2.45, 2.75) is 76.6 Å². The van der Waals surface area contributed by atoms with E-state index in [-0.39, 0.29) is 52.8 Å². The van der Waals surface area contributed by atoms with Crippen LogP contribution in [0.4, 0.5) is 43.9 Å². The lowest BCUT2D eigenvalue weighted by molar-refractivity contribution is -0.274. The van der Waals surface area contributed by atoms with Crippen LogP contribution >= 0.6 is 0 Å². The molecule has 65 heavy (non-hydrogen) atoms. The summed E-state index contributed by atoms with van der Waals surface area (Å²) in [4.78, 5) is 63.2. The summed E-state index contributed by atoms with van der Waals surface area (Å²) in [6.07, 6.45) is 3.67. The van der Waals surface area contributed by atoms with Gasteiger partial charge in [-0.15, -0.1) is 13.2 Å². The third-order valence-electron chi connectivity index (χ3n) is 13.7. The van der Waals surface area contributed by atoms with Crippen molar-refractivity contribution < 1.29 is 50.6 Å². The highest BCUT2D eigenvalue weighted by Gasteiger charge is 2.41. The number of imide groups is 1. The van der Waals surface area contributed by atoms with Gasteiger partial charge in [0.2, 0.25) is 5.91 Å². The minimum atomic E-state index is -5.04. The van der Waals surface area contributed by atoms with Crippen molar-refractivity contribution in [1.29, 1.82) is 0 Å². The Morgan fingerprint density at radius 2 is 1.69 bits per heavy atom. The van der Waals surface area contributed by atoms with Gasteiger partial charge in [-0.2, -0.15) is 10.2 Å². The maximum atomic E-state index is 14.3. The van der Waals surface area contributed by atoms with E-state index in [2.05, 4.69) is 35.5 Å². The molecule has 5 aliphatic rings. The summed E-state index contributed by atoms with van der Waals surface area (Å²) in [5, 5.41) is 13.2. The van der Waals surface area contributed by atoms with Gasteiger partial charge in [0.15, 0.2) is 17.1 Å². The molecular weight excluding hydrogens is 862 g/mol. The van der Waals surface area contributed by atoms with Crippen molar-refractivity contribution >= 4 is 46.6 Å². The average molecular weight is 912 g/mol. The lowest BCUT2D eigenvalue weighted by atomic mass is 9.65. The van der Waals surface area contributed by atoms with Crippen molar-refractivity contribution in [3.05, 3.63) is 59.7 Å². The number of carbonyl (C=O) groups is 4. The average Bonchev–Trinajstić information content (AvgIpc) is 3.92. The van der Waals surface area contributed by atoms with Gasteiger partial charge in [-0.25, -0.2) is 23.1 Å². The molecule has 22 heteroatoms. The minimum Gasteiger partial charge on any atom is -0.404 e. The molecule has 0 bridgehead atoms. The number of rotatable bonds is 10. The molecule has 5 fully saturated rings. The van der Waals surface area contributed by atoms with Gasteiger partial charge in [-0.1, -0.05) is 0 Å². The highest BCUT2D eigenvalue weighted by Crippen LogP contribution is 2.47. The van der Waals surface area contributed by atoms with E-state index in [0.717, 1.165) is 69.1 Å². The SMILES string of the molecule is O=C1CCN(c2cc(C(=O)N3CCC4(CCC(CN5CCC(n6cc(NC(=O)c7cnn8ccc(N9CCOCC9)nc78)c(C(F)F)n6)CC5)CC4)CC3)ccc2OC(F)(F)F)C(=O)N1. The highest BCUT2D eigenvalue weighted by atomic mass is 19.4. The zero-order valence-electron chi connectivity index (χ0n) is 35.6. The quantitative estimate of drug-likeness (QED) is 0.178. The predicted octanol–water partition coefficient (Wildman–Crippen LogP) is 6.05. The van der Waals surface area contributed by atoms with Crippen molar-refractivity contribution in [1.82, 2.24) is 39.5 Å². The second kappa shape index (κ2) is 18.2. The normalized spacial score (nSPS) is 20.5. The first kappa shape index (κ1) is 44.3. The first-order valence-corrected chi connectivity index (χ1v) is 22.1. The summed E-state index contributed by atoms with van der Waals surface area (Å²) in [6.45, 7) is 5.75. The number of alkyl halides is 5. The summed E-state index contributed by atoms with van der Waals surface area (Å²) in [5.74, 6) is -0.995. The van der Waals surface area contributed by atoms with Gasteiger partial charge in [0.25, 0.3) is 18.2 Å². The molecule has 1 aromatic carbocycles. The van der Waals surface area contributed by atoms with E-state index in [1.807, 2.05) is 11.0 Å². The van der Waals surface area contributed by atoms with E-state index < -0.39 is 42.1 Å². The van der Waals surface area contributed by atoms with Crippen LogP contribution in [0.25, 0.3) is 5.65 Å². The van der Waals surface area contributed by atoms with Gasteiger partial charge >= 0.3 is 12.4 Å². The molecule has 0 radical (unpaired) electrons. The predicted molar refractivity (Wildman–Crippen MR) is 224 cm³/mol. The Kier molecular flexibility index (Phi) is 12.4. The second-order valence-electron chi connectivity index (χ2n) is 17.6. The Labute approximate surface area is 370 Å². The van der Waals surface area contributed by atoms with Gasteiger partial charge in [0, 0.05) is 76.7 Å². The molecular formula is C43H50F5N11O6. The molecule has 4 aromatic rings. The second-order valence-corrected chi connectivity index (χ2v) is 17.6. The van der Waals surface area contributed by atoms with Crippen molar-refractivity contribution in [3.8, 4) is 5.75 Å². The molecule has 7 heterocycles. The third-order valence-corrected chi connectivity index (χ3v) is 13.7. The van der Waals surface area contributed by atoms with Crippen molar-refractivity contribution in [2.24, 2.45) is 11.3 Å². The van der Waals surface area contributed by atoms with Gasteiger partial charge in [-0.05, 0) is 87.0 Å². The number of hydrogen-bond acceptors (Lipinski definition) is 11. The van der Waals surface area contributed by atoms with Crippen LogP contribution in [0.15, 0.2) is 42.9 Å². The number of nitrogens with zero attached hydrogens (tertiary/aromatic N) is 9. The molecule has 4 saturated heterocycles. The fourth-order valence-electron chi connectivity index (χ4n) is 9.97. The summed E-state index contributed by atoms with van der Waals surface area (Å²) < 4.78 is 80.9. The molecule has 5 amide bonds. The number of morpholine rings is 1. The maximum Gasteiger partial charge on any atom is 0.573 e. The number of ether oxygens (including phenoxy) is 2. The van der Waals surface area contributed by atoms with Gasteiger partial charge in [0.05, 0.1) is 36.8 Å². The summed E-state index contributed by atoms with van der Waals surface area (Å²) >= 11 is 0. The van der Waals surface area contributed by atoms with Crippen LogP contribution in [-0.2, 0) is 9.53 Å². The van der Waals surface area contributed by atoms with E-state index in [1.165, 1.54) is 29.0 Å². The number of nitrogens with one attached hydrogen (secondary N) is 2. The first-order valence-electron chi connectivity index (χ1n) is 22.1. The summed E-state index contributed by atoms with van der Waals surface area (Å²) in [5.41, 5.74) is -0.103. The molecule has 0 atom stereocenters. The van der Waals surface area contributed by atoms with Gasteiger partial charge in [-0.3, -0.25) is 29.3 Å². The number of hydrogen-bond donors (Lipinski definition) is 2. The van der Waals surface area contributed by atoms with E-state index in [9.17, 15) is 41.1 Å². The molecule has 3 aromatic heterocycles. The zero-order valence-corrected chi connectivity index (χ0v) is 35.6. The molecule has 0 unspecified atom stereocenters. The molecule has 1 spiro atoms. The number of fused-ring (bicyclic) bond motifs is 1. The van der Waals surface area contributed by atoms with Crippen LogP contribution in [-0.4, -0.2) is 130 Å². The summed E-state index contributed by atoms with van der Waals surface area (Å²) in [6, 6.07) is 4.31. The Balaban J connectivity index is 0.756. The lowest BCUT2D eigenvalue weighted by Crippen LogP contribution is -2.50. The van der Waals surface area contributed by atoms with Gasteiger partial charge in [0.1, 0.15) is 11.4 Å². The van der Waals surface area contributed by atoms with E-state index in [0.29, 0.717) is 69.6 Å². The van der Waals surface area contributed by atoms with Crippen molar-refractivity contribution in [3.63, 3.8) is 0 Å². The maximum absolute atomic E-state index is 14.3. The van der Waals surface area contributed by atoms with Crippen LogP contribution in [0.3, 0.4) is 0 Å². The molecule has 17 nitrogen and oxygen atoms in total. The molecule has 4 aliphatic heterocycles. The number of urea groups is 1. The van der Waals surface area contributed by atoms with E-state index in [4.69, 9.17) is 4.74 Å². The Morgan fingerprint density at radius 1 is 0.954 bits per heavy atom. The monoisotopic (exact) mass is 911 g/mol. The Morgan fingerprint density at radius 3 is 2.38 bits per heavy atom. The Hall–Kier alpha value is -5.90. The number of piperidine rings is 2. The van der Waals surface area contributed by atoms with Gasteiger partial charge < -0.3 is 29.5 Å². The smallest absolute Gasteiger partial charge is 0.404 e. The van der Waals surface area contributed by atoms with Crippen LogP contribution in [0.2, 0.25) is 0 Å². The number of aromatic nitrogens is 5. The number of amides is 5. The lowest BCUT2D eigenvalue weighted by Gasteiger charge is -2.47. The number of anilines is 3. The summed E-state index contributed by atoms with van der Waals surface area (Å²) in [7, 11) is 0. The highest BCUT2D eigenvalue weighted by molar-refractivity contribution is 6.09. The number of benzene rings is 1. The molecule has 1 saturated carbocycles. The fourth-order valence-corrected chi connectivity index (χ4v) is 9.97. The van der Waals surface area contributed by atoms with Crippen LogP contribution in [0, 0.1) is 11.3 Å². The standard InChI is InChI=1S/C43H50F5N11O6/c44-37(45)36-31(50-39(61)30-24-49-58-16-7-34(51-38(30)58)55-19-21-64-22-20-55)26-59(53-36)29-5-13-54(14-6-29)25-27-3-9-42(10-4-27)11-17-56(18-12-42)40(62)28-1-2-33(65-43(46,47)48)32(23-28)57-15-8-35(60)52-41(57)63/h1-2,7,16,23-24,26-27,29,37H,3-6,8-15,17-22,25H2,(H,50,61)(H,52,60,63). The number of likely N-dealkylation sites (tertiary alicyclic amines) is 2. The molecule has 348 valence electrons. The Bertz CT molecular complexity index is 2410. The zero-order chi connectivity index (χ0) is 45.5. The van der Waals surface area contributed by atoms with E-state index >= 15 is 0 Å². The topological polar surface area (TPSA) is 172 Å². The fraction of sp³-hybridized carbons (Fsp3) is 0.558. The molecule has 2 N–H and O–H groups in total. The largest absolute Gasteiger partial charge is 0.573 e. The molecule has 1 aliphatic carbocycles. The number of carbonyl (C=O) groups excluding carboxylic acids is 4. The van der Waals surface area contributed by atoms with E-state index in [1.54, 1.807) is 15.8 Å². The van der Waals surface area contributed by atoms with Crippen molar-refractivity contribution in [2.75, 3.05) is 80.7 Å². The first-order chi connectivity index (χ1) is 31.2. The van der Waals surface area contributed by atoms with Crippen LogP contribution < -0.4 is 25.2 Å². The van der Waals surface area contributed by atoms with Crippen LogP contribution in [0.5, 0.6) is 5.75 Å².